The summed E-state index contributed by atoms with van der Waals surface area (Å²) in [4.78, 5) is 0. The predicted molar refractivity (Wildman–Crippen MR) is 60.2 cm³/mol. The number of nitrogens with zero attached hydrogens (tertiary/aromatic N) is 1. The summed E-state index contributed by atoms with van der Waals surface area (Å²) in [6.45, 7) is 4.97. The number of morpholine rings is 1. The molecule has 1 aliphatic rings. The highest BCUT2D eigenvalue weighted by Gasteiger charge is 2.32. The van der Waals surface area contributed by atoms with Crippen molar-refractivity contribution in [3.63, 3.8) is 0 Å². The van der Waals surface area contributed by atoms with E-state index in [1.54, 1.807) is 0 Å². The normalized spacial score (nSPS) is 23.9. The van der Waals surface area contributed by atoms with Crippen LogP contribution in [0.5, 0.6) is 0 Å². The van der Waals surface area contributed by atoms with Crippen molar-refractivity contribution in [1.82, 2.24) is 9.03 Å². The van der Waals surface area contributed by atoms with Crippen LogP contribution in [0.15, 0.2) is 0 Å². The van der Waals surface area contributed by atoms with Crippen LogP contribution in [0.4, 0.5) is 0 Å². The van der Waals surface area contributed by atoms with Crippen molar-refractivity contribution in [2.24, 2.45) is 5.92 Å². The van der Waals surface area contributed by atoms with Crippen LogP contribution in [-0.4, -0.2) is 56.8 Å². The van der Waals surface area contributed by atoms with Gasteiger partial charge in [0.05, 0.1) is 25.9 Å². The number of rotatable bonds is 5. The molecule has 1 aliphatic heterocycles. The molecular weight excluding hydrogens is 232 g/mol. The van der Waals surface area contributed by atoms with Crippen LogP contribution in [0, 0.1) is 5.92 Å². The van der Waals surface area contributed by atoms with E-state index in [1.807, 2.05) is 13.8 Å². The van der Waals surface area contributed by atoms with E-state index in [0.717, 1.165) is 0 Å². The zero-order valence-corrected chi connectivity index (χ0v) is 10.5. The Morgan fingerprint density at radius 3 is 2.81 bits per heavy atom. The number of hydrogen-bond donors (Lipinski definition) is 2. The highest BCUT2D eigenvalue weighted by Crippen LogP contribution is 2.10. The van der Waals surface area contributed by atoms with Crippen molar-refractivity contribution in [3.8, 4) is 0 Å². The Kier molecular flexibility index (Phi) is 5.13. The van der Waals surface area contributed by atoms with E-state index in [2.05, 4.69) is 4.72 Å². The second kappa shape index (κ2) is 5.92. The van der Waals surface area contributed by atoms with Gasteiger partial charge in [-0.15, -0.1) is 0 Å². The Hall–Kier alpha value is -0.210. The Bertz CT molecular complexity index is 305. The van der Waals surface area contributed by atoms with Crippen molar-refractivity contribution in [3.05, 3.63) is 0 Å². The summed E-state index contributed by atoms with van der Waals surface area (Å²) in [5.41, 5.74) is 0. The van der Waals surface area contributed by atoms with Gasteiger partial charge < -0.3 is 9.84 Å². The highest BCUT2D eigenvalue weighted by molar-refractivity contribution is 7.87. The first-order valence-corrected chi connectivity index (χ1v) is 6.86. The van der Waals surface area contributed by atoms with E-state index in [0.29, 0.717) is 19.7 Å². The van der Waals surface area contributed by atoms with E-state index in [1.165, 1.54) is 4.31 Å². The van der Waals surface area contributed by atoms with Gasteiger partial charge in [-0.2, -0.15) is 12.7 Å². The molecule has 6 nitrogen and oxygen atoms in total. The van der Waals surface area contributed by atoms with Gasteiger partial charge in [-0.25, -0.2) is 4.72 Å². The van der Waals surface area contributed by atoms with E-state index < -0.39 is 16.3 Å². The quantitative estimate of drug-likeness (QED) is 0.669. The van der Waals surface area contributed by atoms with Gasteiger partial charge in [0, 0.05) is 13.1 Å². The molecule has 0 bridgehead atoms. The minimum absolute atomic E-state index is 0.220. The van der Waals surface area contributed by atoms with Crippen LogP contribution < -0.4 is 4.72 Å². The third-order valence-corrected chi connectivity index (χ3v) is 4.00. The lowest BCUT2D eigenvalue weighted by Gasteiger charge is -2.33. The minimum Gasteiger partial charge on any atom is -0.395 e. The maximum Gasteiger partial charge on any atom is 0.279 e. The van der Waals surface area contributed by atoms with Gasteiger partial charge in [0.2, 0.25) is 0 Å². The van der Waals surface area contributed by atoms with Gasteiger partial charge in [-0.3, -0.25) is 0 Å². The summed E-state index contributed by atoms with van der Waals surface area (Å²) in [6.07, 6.45) is 0. The van der Waals surface area contributed by atoms with E-state index in [9.17, 15) is 8.42 Å². The average molecular weight is 252 g/mol. The smallest absolute Gasteiger partial charge is 0.279 e. The van der Waals surface area contributed by atoms with Crippen LogP contribution in [0.3, 0.4) is 0 Å². The largest absolute Gasteiger partial charge is 0.395 e. The third kappa shape index (κ3) is 3.67. The maximum atomic E-state index is 11.9. The van der Waals surface area contributed by atoms with Crippen molar-refractivity contribution in [2.45, 2.75) is 19.9 Å². The zero-order valence-electron chi connectivity index (χ0n) is 9.72. The molecule has 1 atom stereocenters. The summed E-state index contributed by atoms with van der Waals surface area (Å²) in [6, 6.07) is -0.474. The molecule has 96 valence electrons. The second-order valence-electron chi connectivity index (χ2n) is 4.27. The molecule has 2 N–H and O–H groups in total. The molecular formula is C9H20N2O4S. The predicted octanol–water partition coefficient (Wildman–Crippen LogP) is -0.830. The highest BCUT2D eigenvalue weighted by atomic mass is 32.2. The van der Waals surface area contributed by atoms with Gasteiger partial charge in [-0.05, 0) is 5.92 Å². The topological polar surface area (TPSA) is 78.9 Å². The molecule has 1 saturated heterocycles. The second-order valence-corrected chi connectivity index (χ2v) is 5.98. The lowest BCUT2D eigenvalue weighted by molar-refractivity contribution is 0.0103. The van der Waals surface area contributed by atoms with Crippen LogP contribution in [0.2, 0.25) is 0 Å². The number of aliphatic hydroxyl groups excluding tert-OH is 1. The monoisotopic (exact) mass is 252 g/mol. The Balaban J connectivity index is 2.64. The van der Waals surface area contributed by atoms with E-state index in [-0.39, 0.29) is 19.1 Å². The molecule has 0 aromatic carbocycles. The van der Waals surface area contributed by atoms with Crippen molar-refractivity contribution in [1.29, 1.82) is 0 Å². The van der Waals surface area contributed by atoms with Crippen molar-refractivity contribution < 1.29 is 18.3 Å². The average Bonchev–Trinajstić information content (AvgIpc) is 2.26. The Morgan fingerprint density at radius 1 is 1.56 bits per heavy atom. The Morgan fingerprint density at radius 2 is 2.25 bits per heavy atom. The number of hydrogen-bond acceptors (Lipinski definition) is 4. The standard InChI is InChI=1S/C9H20N2O4S/c1-8(2)5-10-16(13,14)11-3-4-15-7-9(11)6-12/h8-10,12H,3-7H2,1-2H3. The van der Waals surface area contributed by atoms with Crippen LogP contribution in [0.1, 0.15) is 13.8 Å². The molecule has 1 heterocycles. The molecule has 0 amide bonds. The number of nitrogens with one attached hydrogen (secondary N) is 1. The van der Waals surface area contributed by atoms with Gasteiger partial charge in [0.25, 0.3) is 10.2 Å². The minimum atomic E-state index is -3.50. The number of aliphatic hydroxyl groups is 1. The summed E-state index contributed by atoms with van der Waals surface area (Å²) in [7, 11) is -3.50. The maximum absolute atomic E-state index is 11.9. The molecule has 1 rings (SSSR count). The lowest BCUT2D eigenvalue weighted by atomic mass is 10.2. The molecule has 0 aromatic heterocycles. The fourth-order valence-corrected chi connectivity index (χ4v) is 3.00. The summed E-state index contributed by atoms with van der Waals surface area (Å²) in [5.74, 6) is 0.253. The molecule has 0 aromatic rings. The van der Waals surface area contributed by atoms with Crippen molar-refractivity contribution in [2.75, 3.05) is 32.9 Å². The zero-order chi connectivity index (χ0) is 12.2. The Labute approximate surface area is 96.8 Å². The van der Waals surface area contributed by atoms with Crippen LogP contribution >= 0.6 is 0 Å². The molecule has 0 aliphatic carbocycles. The van der Waals surface area contributed by atoms with Gasteiger partial charge >= 0.3 is 0 Å². The van der Waals surface area contributed by atoms with Gasteiger partial charge in [0.1, 0.15) is 0 Å². The molecule has 7 heteroatoms. The molecule has 1 unspecified atom stereocenters. The lowest BCUT2D eigenvalue weighted by Crippen LogP contribution is -2.54. The molecule has 0 spiro atoms. The summed E-state index contributed by atoms with van der Waals surface area (Å²) < 4.78 is 32.7. The SMILES string of the molecule is CC(C)CNS(=O)(=O)N1CCOCC1CO. The van der Waals surface area contributed by atoms with Gasteiger partial charge in [-0.1, -0.05) is 13.8 Å². The number of ether oxygens (including phenoxy) is 1. The van der Waals surface area contributed by atoms with E-state index in [4.69, 9.17) is 9.84 Å². The summed E-state index contributed by atoms with van der Waals surface area (Å²) in [5, 5.41) is 9.09. The van der Waals surface area contributed by atoms with Crippen molar-refractivity contribution >= 4 is 10.2 Å². The van der Waals surface area contributed by atoms with E-state index >= 15 is 0 Å². The molecule has 1 fully saturated rings. The molecule has 16 heavy (non-hydrogen) atoms. The first kappa shape index (κ1) is 13.9. The first-order valence-electron chi connectivity index (χ1n) is 5.42. The fraction of sp³-hybridized carbons (Fsp3) is 1.00. The molecule has 0 saturated carbocycles. The fourth-order valence-electron chi connectivity index (χ4n) is 1.45. The third-order valence-electron chi connectivity index (χ3n) is 2.37. The van der Waals surface area contributed by atoms with Gasteiger partial charge in [0.15, 0.2) is 0 Å². The molecule has 0 radical (unpaired) electrons. The summed E-state index contributed by atoms with van der Waals surface area (Å²) >= 11 is 0. The van der Waals surface area contributed by atoms with Crippen LogP contribution in [0.25, 0.3) is 0 Å². The van der Waals surface area contributed by atoms with Crippen LogP contribution in [-0.2, 0) is 14.9 Å². The first-order chi connectivity index (χ1) is 7.47.